The zero-order valence-corrected chi connectivity index (χ0v) is 10.9. The van der Waals surface area contributed by atoms with Gasteiger partial charge in [0.05, 0.1) is 10.0 Å². The van der Waals surface area contributed by atoms with Crippen LogP contribution in [-0.2, 0) is 0 Å². The number of rotatable bonds is 2. The van der Waals surface area contributed by atoms with Crippen LogP contribution in [0.3, 0.4) is 0 Å². The predicted octanol–water partition coefficient (Wildman–Crippen LogP) is 4.56. The van der Waals surface area contributed by atoms with Crippen molar-refractivity contribution in [3.8, 4) is 11.5 Å². The molecule has 0 amide bonds. The van der Waals surface area contributed by atoms with Gasteiger partial charge in [0.2, 0.25) is 0 Å². The van der Waals surface area contributed by atoms with Crippen LogP contribution in [0.5, 0.6) is 11.5 Å². The predicted molar refractivity (Wildman–Crippen MR) is 70.4 cm³/mol. The van der Waals surface area contributed by atoms with E-state index in [9.17, 15) is 10.2 Å². The van der Waals surface area contributed by atoms with Gasteiger partial charge in [0.25, 0.3) is 0 Å². The third-order valence-electron chi connectivity index (χ3n) is 2.05. The van der Waals surface area contributed by atoms with E-state index in [1.54, 1.807) is 24.3 Å². The van der Waals surface area contributed by atoms with Crippen LogP contribution in [0.1, 0.15) is 0 Å². The Morgan fingerprint density at radius 3 is 1.59 bits per heavy atom. The zero-order valence-electron chi connectivity index (χ0n) is 8.52. The topological polar surface area (TPSA) is 40.5 Å². The van der Waals surface area contributed by atoms with Gasteiger partial charge in [-0.3, -0.25) is 0 Å². The summed E-state index contributed by atoms with van der Waals surface area (Å²) in [4.78, 5) is 1.36. The van der Waals surface area contributed by atoms with E-state index >= 15 is 0 Å². The van der Waals surface area contributed by atoms with E-state index in [1.165, 1.54) is 23.9 Å². The number of hydrogen-bond acceptors (Lipinski definition) is 3. The molecule has 2 rings (SSSR count). The Morgan fingerprint density at radius 1 is 0.765 bits per heavy atom. The summed E-state index contributed by atoms with van der Waals surface area (Å²) in [6.45, 7) is 0. The smallest absolute Gasteiger partial charge is 0.116 e. The van der Waals surface area contributed by atoms with Crippen molar-refractivity contribution < 1.29 is 10.2 Å². The molecule has 5 heteroatoms. The van der Waals surface area contributed by atoms with Crippen molar-refractivity contribution in [1.82, 2.24) is 0 Å². The molecule has 0 fully saturated rings. The molecule has 0 aromatic heterocycles. The number of halogens is 2. The van der Waals surface area contributed by atoms with E-state index in [0.29, 0.717) is 19.8 Å². The van der Waals surface area contributed by atoms with Gasteiger partial charge in [0, 0.05) is 9.79 Å². The second kappa shape index (κ2) is 5.08. The lowest BCUT2D eigenvalue weighted by atomic mass is 10.3. The summed E-state index contributed by atoms with van der Waals surface area (Å²) in [7, 11) is 0. The minimum absolute atomic E-state index is 0.133. The van der Waals surface area contributed by atoms with Crippen molar-refractivity contribution in [3.05, 3.63) is 46.4 Å². The normalized spacial score (nSPS) is 10.5. The summed E-state index contributed by atoms with van der Waals surface area (Å²) in [5.41, 5.74) is 0. The highest BCUT2D eigenvalue weighted by Crippen LogP contribution is 2.39. The van der Waals surface area contributed by atoms with Gasteiger partial charge in [-0.2, -0.15) is 0 Å². The molecule has 0 atom stereocenters. The monoisotopic (exact) mass is 286 g/mol. The van der Waals surface area contributed by atoms with E-state index in [4.69, 9.17) is 23.2 Å². The van der Waals surface area contributed by atoms with Gasteiger partial charge >= 0.3 is 0 Å². The Labute approximate surface area is 113 Å². The molecular formula is C12H8Cl2O2S. The van der Waals surface area contributed by atoms with Crippen molar-refractivity contribution in [1.29, 1.82) is 0 Å². The van der Waals surface area contributed by atoms with Crippen molar-refractivity contribution in [2.24, 2.45) is 0 Å². The quantitative estimate of drug-likeness (QED) is 0.851. The maximum Gasteiger partial charge on any atom is 0.116 e. The van der Waals surface area contributed by atoms with Gasteiger partial charge in [-0.05, 0) is 36.4 Å². The summed E-state index contributed by atoms with van der Waals surface area (Å²) < 4.78 is 0. The van der Waals surface area contributed by atoms with E-state index < -0.39 is 0 Å². The number of phenols is 2. The lowest BCUT2D eigenvalue weighted by molar-refractivity contribution is 0.473. The molecule has 0 bridgehead atoms. The first-order valence-electron chi connectivity index (χ1n) is 4.71. The highest BCUT2D eigenvalue weighted by atomic mass is 35.5. The molecule has 17 heavy (non-hydrogen) atoms. The largest absolute Gasteiger partial charge is 0.508 e. The highest BCUT2D eigenvalue weighted by Gasteiger charge is 2.08. The molecule has 2 nitrogen and oxygen atoms in total. The summed E-state index contributed by atoms with van der Waals surface area (Å²) in [5, 5.41) is 19.8. The Balaban J connectivity index is 2.37. The Hall–Kier alpha value is -1.03. The van der Waals surface area contributed by atoms with Crippen LogP contribution in [0, 0.1) is 0 Å². The highest BCUT2D eigenvalue weighted by molar-refractivity contribution is 7.99. The summed E-state index contributed by atoms with van der Waals surface area (Å²) in [6, 6.07) is 9.33. The van der Waals surface area contributed by atoms with Crippen LogP contribution in [0.2, 0.25) is 10.0 Å². The SMILES string of the molecule is Oc1ccc(Cl)c(Sc2cc(O)ccc2Cl)c1. The van der Waals surface area contributed by atoms with Crippen molar-refractivity contribution in [3.63, 3.8) is 0 Å². The van der Waals surface area contributed by atoms with Gasteiger partial charge in [-0.1, -0.05) is 35.0 Å². The second-order valence-corrected chi connectivity index (χ2v) is 5.23. The van der Waals surface area contributed by atoms with Gasteiger partial charge in [-0.15, -0.1) is 0 Å². The molecule has 2 N–H and O–H groups in total. The van der Waals surface area contributed by atoms with Gasteiger partial charge in [-0.25, -0.2) is 0 Å². The summed E-state index contributed by atoms with van der Waals surface area (Å²) >= 11 is 13.3. The Kier molecular flexibility index (Phi) is 3.72. The first-order valence-corrected chi connectivity index (χ1v) is 6.28. The lowest BCUT2D eigenvalue weighted by Crippen LogP contribution is -1.78. The number of benzene rings is 2. The molecule has 0 aliphatic rings. The van der Waals surface area contributed by atoms with Crippen LogP contribution in [0.15, 0.2) is 46.2 Å². The molecule has 0 spiro atoms. The summed E-state index contributed by atoms with van der Waals surface area (Å²) in [5.74, 6) is 0.265. The van der Waals surface area contributed by atoms with Crippen molar-refractivity contribution in [2.45, 2.75) is 9.79 Å². The summed E-state index contributed by atoms with van der Waals surface area (Å²) in [6.07, 6.45) is 0. The van der Waals surface area contributed by atoms with E-state index in [-0.39, 0.29) is 11.5 Å². The maximum absolute atomic E-state index is 9.39. The standard InChI is InChI=1S/C12H8Cl2O2S/c13-9-3-1-7(15)5-11(9)17-12-6-8(16)2-4-10(12)14/h1-6,15-16H. The molecule has 0 saturated heterocycles. The van der Waals surface area contributed by atoms with Crippen LogP contribution < -0.4 is 0 Å². The fourth-order valence-corrected chi connectivity index (χ4v) is 2.65. The van der Waals surface area contributed by atoms with Crippen molar-refractivity contribution in [2.75, 3.05) is 0 Å². The second-order valence-electron chi connectivity index (χ2n) is 3.33. The molecule has 0 aliphatic carbocycles. The van der Waals surface area contributed by atoms with Crippen LogP contribution in [-0.4, -0.2) is 10.2 Å². The minimum Gasteiger partial charge on any atom is -0.508 e. The molecule has 2 aromatic rings. The third kappa shape index (κ3) is 3.00. The number of hydrogen-bond donors (Lipinski definition) is 2. The first kappa shape index (κ1) is 12.4. The first-order chi connectivity index (χ1) is 8.06. The third-order valence-corrected chi connectivity index (χ3v) is 4.05. The lowest BCUT2D eigenvalue weighted by Gasteiger charge is -2.07. The van der Waals surface area contributed by atoms with E-state index in [1.807, 2.05) is 0 Å². The molecule has 2 aromatic carbocycles. The average molecular weight is 287 g/mol. The molecule has 0 saturated carbocycles. The van der Waals surface area contributed by atoms with Crippen LogP contribution in [0.25, 0.3) is 0 Å². The zero-order chi connectivity index (χ0) is 12.4. The minimum atomic E-state index is 0.133. The Bertz CT molecular complexity index is 509. The van der Waals surface area contributed by atoms with E-state index in [0.717, 1.165) is 0 Å². The average Bonchev–Trinajstić information content (AvgIpc) is 2.28. The maximum atomic E-state index is 9.39. The molecule has 0 unspecified atom stereocenters. The Morgan fingerprint density at radius 2 is 1.18 bits per heavy atom. The number of phenolic OH excluding ortho intramolecular Hbond substituents is 2. The molecule has 0 aliphatic heterocycles. The van der Waals surface area contributed by atoms with Crippen LogP contribution >= 0.6 is 35.0 Å². The van der Waals surface area contributed by atoms with Gasteiger partial charge in [0.15, 0.2) is 0 Å². The van der Waals surface area contributed by atoms with Crippen LogP contribution in [0.4, 0.5) is 0 Å². The molecule has 0 radical (unpaired) electrons. The molecule has 88 valence electrons. The molecular weight excluding hydrogens is 279 g/mol. The van der Waals surface area contributed by atoms with Gasteiger partial charge in [0.1, 0.15) is 11.5 Å². The van der Waals surface area contributed by atoms with Gasteiger partial charge < -0.3 is 10.2 Å². The fourth-order valence-electron chi connectivity index (χ4n) is 1.26. The van der Waals surface area contributed by atoms with Crippen molar-refractivity contribution >= 4 is 35.0 Å². The fraction of sp³-hybridized carbons (Fsp3) is 0. The van der Waals surface area contributed by atoms with E-state index in [2.05, 4.69) is 0 Å². The number of aromatic hydroxyl groups is 2. The molecule has 0 heterocycles.